The number of hydrogen-bond acceptors (Lipinski definition) is 4. The van der Waals surface area contributed by atoms with Crippen molar-refractivity contribution in [2.45, 2.75) is 19.4 Å². The fraction of sp³-hybridized carbons (Fsp3) is 0.545. The molecule has 4 nitrogen and oxygen atoms in total. The molecule has 0 unspecified atom stereocenters. The lowest BCUT2D eigenvalue weighted by Gasteiger charge is -2.32. The van der Waals surface area contributed by atoms with Gasteiger partial charge in [-0.25, -0.2) is 4.98 Å². The Morgan fingerprint density at radius 1 is 1.35 bits per heavy atom. The van der Waals surface area contributed by atoms with Crippen molar-refractivity contribution in [3.05, 3.63) is 16.1 Å². The third-order valence-electron chi connectivity index (χ3n) is 2.86. The molecule has 3 N–H and O–H groups in total. The number of pyridine rings is 1. The van der Waals surface area contributed by atoms with Crippen LogP contribution in [0.3, 0.4) is 0 Å². The Hall–Kier alpha value is -0.710. The van der Waals surface area contributed by atoms with Crippen molar-refractivity contribution in [1.82, 2.24) is 9.88 Å². The van der Waals surface area contributed by atoms with Crippen LogP contribution < -0.4 is 11.1 Å². The average Bonchev–Trinajstić information content (AvgIpc) is 2.21. The molecule has 0 amide bonds. The van der Waals surface area contributed by atoms with Crippen LogP contribution in [0.15, 0.2) is 6.07 Å². The summed E-state index contributed by atoms with van der Waals surface area (Å²) < 4.78 is 0. The van der Waals surface area contributed by atoms with Crippen molar-refractivity contribution < 1.29 is 0 Å². The van der Waals surface area contributed by atoms with Gasteiger partial charge in [0.2, 0.25) is 0 Å². The van der Waals surface area contributed by atoms with E-state index in [1.165, 1.54) is 0 Å². The van der Waals surface area contributed by atoms with Crippen LogP contribution in [0, 0.1) is 0 Å². The molecule has 0 bridgehead atoms. The Labute approximate surface area is 112 Å². The normalized spacial score (nSPS) is 11.9. The van der Waals surface area contributed by atoms with Gasteiger partial charge in [-0.3, -0.25) is 0 Å². The SMILES string of the molecule is CN(C)C(C)(C)CNc1nc(N)c(Cl)cc1Cl. The number of halogens is 2. The standard InChI is InChI=1S/C11H18Cl2N4/c1-11(2,17(3)4)6-15-10-8(13)5-7(12)9(14)16-10/h5H,6H2,1-4H3,(H3,14,15,16). The summed E-state index contributed by atoms with van der Waals surface area (Å²) in [6.07, 6.45) is 0. The van der Waals surface area contributed by atoms with Crippen molar-refractivity contribution in [1.29, 1.82) is 0 Å². The number of rotatable bonds is 4. The highest BCUT2D eigenvalue weighted by atomic mass is 35.5. The molecule has 0 saturated heterocycles. The minimum atomic E-state index is -0.0145. The van der Waals surface area contributed by atoms with Crippen LogP contribution in [0.25, 0.3) is 0 Å². The van der Waals surface area contributed by atoms with E-state index >= 15 is 0 Å². The molecule has 17 heavy (non-hydrogen) atoms. The molecule has 0 aliphatic heterocycles. The van der Waals surface area contributed by atoms with Crippen LogP contribution in [-0.4, -0.2) is 36.1 Å². The highest BCUT2D eigenvalue weighted by Gasteiger charge is 2.20. The molecule has 1 aromatic rings. The first-order valence-electron chi connectivity index (χ1n) is 5.27. The quantitative estimate of drug-likeness (QED) is 0.888. The van der Waals surface area contributed by atoms with E-state index in [-0.39, 0.29) is 11.4 Å². The maximum Gasteiger partial charge on any atom is 0.147 e. The van der Waals surface area contributed by atoms with Gasteiger partial charge in [-0.05, 0) is 34.0 Å². The van der Waals surface area contributed by atoms with Gasteiger partial charge in [0, 0.05) is 12.1 Å². The van der Waals surface area contributed by atoms with Crippen LogP contribution in [0.1, 0.15) is 13.8 Å². The van der Waals surface area contributed by atoms with Gasteiger partial charge in [0.1, 0.15) is 11.6 Å². The number of nitrogens with two attached hydrogens (primary N) is 1. The lowest BCUT2D eigenvalue weighted by atomic mass is 10.0. The smallest absolute Gasteiger partial charge is 0.147 e. The lowest BCUT2D eigenvalue weighted by Crippen LogP contribution is -2.44. The second-order valence-electron chi connectivity index (χ2n) is 4.75. The molecule has 0 saturated carbocycles. The number of nitrogens with zero attached hydrogens (tertiary/aromatic N) is 2. The zero-order valence-electron chi connectivity index (χ0n) is 10.5. The fourth-order valence-electron chi connectivity index (χ4n) is 1.06. The summed E-state index contributed by atoms with van der Waals surface area (Å²) in [5, 5.41) is 4.02. The van der Waals surface area contributed by atoms with E-state index in [9.17, 15) is 0 Å². The first-order chi connectivity index (χ1) is 7.74. The molecule has 0 fully saturated rings. The Balaban J connectivity index is 2.80. The number of nitrogens with one attached hydrogen (secondary N) is 1. The minimum Gasteiger partial charge on any atom is -0.382 e. The number of hydrogen-bond donors (Lipinski definition) is 2. The molecule has 0 aliphatic carbocycles. The zero-order chi connectivity index (χ0) is 13.2. The zero-order valence-corrected chi connectivity index (χ0v) is 12.0. The molecule has 1 rings (SSSR count). The van der Waals surface area contributed by atoms with Crippen LogP contribution in [0.4, 0.5) is 11.6 Å². The predicted octanol–water partition coefficient (Wildman–Crippen LogP) is 2.72. The van der Waals surface area contributed by atoms with Crippen LogP contribution >= 0.6 is 23.2 Å². The number of nitrogen functional groups attached to an aromatic ring is 1. The van der Waals surface area contributed by atoms with E-state index in [4.69, 9.17) is 28.9 Å². The molecular weight excluding hydrogens is 259 g/mol. The van der Waals surface area contributed by atoms with Gasteiger partial charge in [0.15, 0.2) is 0 Å². The van der Waals surface area contributed by atoms with Crippen molar-refractivity contribution >= 4 is 34.8 Å². The van der Waals surface area contributed by atoms with Crippen LogP contribution in [0.5, 0.6) is 0 Å². The minimum absolute atomic E-state index is 0.0145. The molecule has 96 valence electrons. The van der Waals surface area contributed by atoms with Crippen molar-refractivity contribution in [3.8, 4) is 0 Å². The van der Waals surface area contributed by atoms with Crippen LogP contribution in [-0.2, 0) is 0 Å². The largest absolute Gasteiger partial charge is 0.382 e. The van der Waals surface area contributed by atoms with E-state index in [0.29, 0.717) is 22.4 Å². The second-order valence-corrected chi connectivity index (χ2v) is 5.56. The maximum absolute atomic E-state index is 6.03. The summed E-state index contributed by atoms with van der Waals surface area (Å²) >= 11 is 11.8. The Bertz CT molecular complexity index is 405. The second kappa shape index (κ2) is 5.29. The summed E-state index contributed by atoms with van der Waals surface area (Å²) in [4.78, 5) is 6.24. The maximum atomic E-state index is 6.03. The fourth-order valence-corrected chi connectivity index (χ4v) is 1.49. The van der Waals surface area contributed by atoms with Gasteiger partial charge >= 0.3 is 0 Å². The Morgan fingerprint density at radius 3 is 2.47 bits per heavy atom. The molecule has 0 spiro atoms. The van der Waals surface area contributed by atoms with E-state index in [1.807, 2.05) is 14.1 Å². The van der Waals surface area contributed by atoms with Gasteiger partial charge in [-0.15, -0.1) is 0 Å². The summed E-state index contributed by atoms with van der Waals surface area (Å²) in [6.45, 7) is 4.94. The molecule has 0 atom stereocenters. The van der Waals surface area contributed by atoms with Crippen molar-refractivity contribution in [2.75, 3.05) is 31.7 Å². The van der Waals surface area contributed by atoms with E-state index in [0.717, 1.165) is 0 Å². The van der Waals surface area contributed by atoms with Crippen molar-refractivity contribution in [3.63, 3.8) is 0 Å². The molecule has 0 radical (unpaired) electrons. The molecule has 1 heterocycles. The third kappa shape index (κ3) is 3.63. The summed E-state index contributed by atoms with van der Waals surface area (Å²) in [7, 11) is 4.04. The van der Waals surface area contributed by atoms with Gasteiger partial charge in [-0.1, -0.05) is 23.2 Å². The summed E-state index contributed by atoms with van der Waals surface area (Å²) in [6, 6.07) is 1.59. The molecule has 6 heteroatoms. The highest BCUT2D eigenvalue weighted by Crippen LogP contribution is 2.27. The first-order valence-corrected chi connectivity index (χ1v) is 6.02. The Kier molecular flexibility index (Phi) is 4.47. The molecule has 1 aromatic heterocycles. The van der Waals surface area contributed by atoms with Gasteiger partial charge < -0.3 is 16.0 Å². The summed E-state index contributed by atoms with van der Waals surface area (Å²) in [5.74, 6) is 0.838. The van der Waals surface area contributed by atoms with E-state index < -0.39 is 0 Å². The monoisotopic (exact) mass is 276 g/mol. The van der Waals surface area contributed by atoms with Crippen LogP contribution in [0.2, 0.25) is 10.0 Å². The summed E-state index contributed by atoms with van der Waals surface area (Å²) in [5.41, 5.74) is 5.62. The molecule has 0 aliphatic rings. The average molecular weight is 277 g/mol. The predicted molar refractivity (Wildman–Crippen MR) is 74.9 cm³/mol. The topological polar surface area (TPSA) is 54.2 Å². The lowest BCUT2D eigenvalue weighted by molar-refractivity contribution is 0.210. The number of anilines is 2. The first kappa shape index (κ1) is 14.4. The van der Waals surface area contributed by atoms with Gasteiger partial charge in [-0.2, -0.15) is 0 Å². The van der Waals surface area contributed by atoms with E-state index in [2.05, 4.69) is 29.0 Å². The van der Waals surface area contributed by atoms with Gasteiger partial charge in [0.25, 0.3) is 0 Å². The highest BCUT2D eigenvalue weighted by molar-refractivity contribution is 6.37. The molecular formula is C11H18Cl2N4. The molecule has 0 aromatic carbocycles. The van der Waals surface area contributed by atoms with Gasteiger partial charge in [0.05, 0.1) is 10.0 Å². The Morgan fingerprint density at radius 2 is 1.94 bits per heavy atom. The number of likely N-dealkylation sites (N-methyl/N-ethyl adjacent to an activating group) is 1. The van der Waals surface area contributed by atoms with E-state index in [1.54, 1.807) is 6.07 Å². The number of aromatic nitrogens is 1. The van der Waals surface area contributed by atoms with Crippen molar-refractivity contribution in [2.24, 2.45) is 0 Å². The third-order valence-corrected chi connectivity index (χ3v) is 3.45.